The molecule has 2 amide bonds. The Morgan fingerprint density at radius 2 is 2.13 bits per heavy atom. The van der Waals surface area contributed by atoms with Crippen LogP contribution in [0.4, 0.5) is 11.4 Å². The molecule has 0 aromatic heterocycles. The molecule has 0 heterocycles. The highest BCUT2D eigenvalue weighted by molar-refractivity contribution is 8.00. The van der Waals surface area contributed by atoms with E-state index in [1.165, 1.54) is 18.9 Å². The number of anilines is 2. The summed E-state index contributed by atoms with van der Waals surface area (Å²) in [5.74, 6) is 1.10. The molecule has 0 fully saturated rings. The van der Waals surface area contributed by atoms with Gasteiger partial charge in [0.05, 0.1) is 18.0 Å². The number of thioether (sulfide) groups is 1. The molecule has 23 heavy (non-hydrogen) atoms. The maximum Gasteiger partial charge on any atom is 0.237 e. The van der Waals surface area contributed by atoms with E-state index >= 15 is 0 Å². The highest BCUT2D eigenvalue weighted by Crippen LogP contribution is 2.28. The van der Waals surface area contributed by atoms with Crippen molar-refractivity contribution in [1.29, 1.82) is 0 Å². The van der Waals surface area contributed by atoms with E-state index in [0.29, 0.717) is 23.5 Å². The third-order valence-electron chi connectivity index (χ3n) is 3.05. The minimum absolute atomic E-state index is 0.0583. The summed E-state index contributed by atoms with van der Waals surface area (Å²) < 4.78 is 5.29. The van der Waals surface area contributed by atoms with Crippen LogP contribution in [0.1, 0.15) is 26.7 Å². The lowest BCUT2D eigenvalue weighted by Gasteiger charge is -2.14. The van der Waals surface area contributed by atoms with Gasteiger partial charge >= 0.3 is 0 Å². The first kappa shape index (κ1) is 19.1. The lowest BCUT2D eigenvalue weighted by Crippen LogP contribution is -2.22. The third kappa shape index (κ3) is 6.36. The third-order valence-corrected chi connectivity index (χ3v) is 4.20. The topological polar surface area (TPSA) is 67.4 Å². The number of methoxy groups -OCH3 is 1. The fourth-order valence-corrected chi connectivity index (χ4v) is 2.48. The number of carbonyl (C=O) groups is 2. The number of rotatable bonds is 9. The number of hydrogen-bond donors (Lipinski definition) is 2. The zero-order valence-corrected chi connectivity index (χ0v) is 14.7. The molecule has 5 nitrogen and oxygen atoms in total. The monoisotopic (exact) mass is 336 g/mol. The summed E-state index contributed by atoms with van der Waals surface area (Å²) in [5.41, 5.74) is 1.23. The average Bonchev–Trinajstić information content (AvgIpc) is 2.54. The lowest BCUT2D eigenvalue weighted by atomic mass is 10.2. The van der Waals surface area contributed by atoms with Gasteiger partial charge in [0.15, 0.2) is 0 Å². The molecule has 0 saturated carbocycles. The van der Waals surface area contributed by atoms with E-state index in [1.54, 1.807) is 24.3 Å². The standard InChI is InChI=1S/C17H24N2O3S/c1-5-7-16(20)19-14-9-8-13(11-15(14)22-4)18-17(21)12(3)23-10-6-2/h6,8-9,11-12H,2,5,7,10H2,1,3-4H3,(H,18,21)(H,19,20)/t12-/m0/s1. The molecule has 0 spiro atoms. The molecule has 6 heteroatoms. The van der Waals surface area contributed by atoms with Gasteiger partial charge < -0.3 is 15.4 Å². The van der Waals surface area contributed by atoms with E-state index in [4.69, 9.17) is 4.74 Å². The van der Waals surface area contributed by atoms with Crippen LogP contribution in [0.5, 0.6) is 5.75 Å². The van der Waals surface area contributed by atoms with Crippen molar-refractivity contribution in [1.82, 2.24) is 0 Å². The smallest absolute Gasteiger partial charge is 0.237 e. The van der Waals surface area contributed by atoms with Crippen LogP contribution in [0.25, 0.3) is 0 Å². The first-order chi connectivity index (χ1) is 11.0. The Kier molecular flexibility index (Phi) is 8.26. The zero-order chi connectivity index (χ0) is 17.2. The first-order valence-electron chi connectivity index (χ1n) is 7.53. The fourth-order valence-electron chi connectivity index (χ4n) is 1.84. The second-order valence-electron chi connectivity index (χ2n) is 4.97. The van der Waals surface area contributed by atoms with Gasteiger partial charge in [-0.3, -0.25) is 9.59 Å². The number of hydrogen-bond acceptors (Lipinski definition) is 4. The summed E-state index contributed by atoms with van der Waals surface area (Å²) in [6.45, 7) is 7.43. The Hall–Kier alpha value is -1.95. The summed E-state index contributed by atoms with van der Waals surface area (Å²) in [4.78, 5) is 23.8. The van der Waals surface area contributed by atoms with Gasteiger partial charge in [-0.1, -0.05) is 13.0 Å². The minimum atomic E-state index is -0.178. The van der Waals surface area contributed by atoms with Gasteiger partial charge in [-0.25, -0.2) is 0 Å². The molecule has 1 aromatic carbocycles. The molecule has 0 radical (unpaired) electrons. The van der Waals surface area contributed by atoms with E-state index in [9.17, 15) is 9.59 Å². The van der Waals surface area contributed by atoms with Crippen molar-refractivity contribution in [2.45, 2.75) is 31.9 Å². The normalized spacial score (nSPS) is 11.4. The minimum Gasteiger partial charge on any atom is -0.494 e. The zero-order valence-electron chi connectivity index (χ0n) is 13.8. The Balaban J connectivity index is 2.76. The van der Waals surface area contributed by atoms with Crippen molar-refractivity contribution in [3.05, 3.63) is 30.9 Å². The van der Waals surface area contributed by atoms with Crippen LogP contribution in [0.2, 0.25) is 0 Å². The van der Waals surface area contributed by atoms with Gasteiger partial charge in [-0.05, 0) is 25.5 Å². The van der Waals surface area contributed by atoms with Crippen LogP contribution in [-0.2, 0) is 9.59 Å². The van der Waals surface area contributed by atoms with Crippen LogP contribution in [-0.4, -0.2) is 29.9 Å². The summed E-state index contributed by atoms with van der Waals surface area (Å²) >= 11 is 1.51. The Labute approximate surface area is 141 Å². The van der Waals surface area contributed by atoms with Gasteiger partial charge in [0.2, 0.25) is 11.8 Å². The Morgan fingerprint density at radius 1 is 1.39 bits per heavy atom. The number of ether oxygens (including phenoxy) is 1. The van der Waals surface area contributed by atoms with E-state index in [1.807, 2.05) is 13.8 Å². The summed E-state index contributed by atoms with van der Waals surface area (Å²) in [5, 5.41) is 5.47. The van der Waals surface area contributed by atoms with Crippen molar-refractivity contribution < 1.29 is 14.3 Å². The van der Waals surface area contributed by atoms with Crippen LogP contribution in [0.3, 0.4) is 0 Å². The molecule has 0 saturated heterocycles. The predicted octanol–water partition coefficient (Wildman–Crippen LogP) is 3.68. The molecular formula is C17H24N2O3S. The highest BCUT2D eigenvalue weighted by Gasteiger charge is 2.14. The molecule has 0 bridgehead atoms. The molecule has 1 aromatic rings. The quantitative estimate of drug-likeness (QED) is 0.675. The maximum atomic E-state index is 12.1. The average molecular weight is 336 g/mol. The highest BCUT2D eigenvalue weighted by atomic mass is 32.2. The van der Waals surface area contributed by atoms with E-state index in [-0.39, 0.29) is 17.1 Å². The van der Waals surface area contributed by atoms with Gasteiger partial charge in [0.1, 0.15) is 5.75 Å². The van der Waals surface area contributed by atoms with Crippen LogP contribution in [0, 0.1) is 0 Å². The maximum absolute atomic E-state index is 12.1. The molecule has 2 N–H and O–H groups in total. The number of nitrogens with one attached hydrogen (secondary N) is 2. The lowest BCUT2D eigenvalue weighted by molar-refractivity contribution is -0.116. The number of benzene rings is 1. The van der Waals surface area contributed by atoms with E-state index < -0.39 is 0 Å². The molecule has 0 aliphatic heterocycles. The van der Waals surface area contributed by atoms with E-state index in [2.05, 4.69) is 17.2 Å². The SMILES string of the molecule is C=CCS[C@@H](C)C(=O)Nc1ccc(NC(=O)CCC)c(OC)c1. The molecule has 1 atom stereocenters. The van der Waals surface area contributed by atoms with Gasteiger partial charge in [0, 0.05) is 23.9 Å². The largest absolute Gasteiger partial charge is 0.494 e. The van der Waals surface area contributed by atoms with Crippen molar-refractivity contribution in [3.8, 4) is 5.75 Å². The molecule has 126 valence electrons. The van der Waals surface area contributed by atoms with Gasteiger partial charge in [0.25, 0.3) is 0 Å². The van der Waals surface area contributed by atoms with Crippen LogP contribution >= 0.6 is 11.8 Å². The summed E-state index contributed by atoms with van der Waals surface area (Å²) in [6, 6.07) is 5.17. The van der Waals surface area contributed by atoms with Crippen molar-refractivity contribution in [2.24, 2.45) is 0 Å². The van der Waals surface area contributed by atoms with Crippen molar-refractivity contribution in [3.63, 3.8) is 0 Å². The second kappa shape index (κ2) is 9.94. The molecule has 0 aliphatic carbocycles. The molecule has 1 rings (SSSR count). The van der Waals surface area contributed by atoms with Gasteiger partial charge in [-0.15, -0.1) is 18.3 Å². The van der Waals surface area contributed by atoms with Gasteiger partial charge in [-0.2, -0.15) is 0 Å². The van der Waals surface area contributed by atoms with Crippen LogP contribution < -0.4 is 15.4 Å². The van der Waals surface area contributed by atoms with Crippen molar-refractivity contribution >= 4 is 35.0 Å². The predicted molar refractivity (Wildman–Crippen MR) is 97.3 cm³/mol. The Morgan fingerprint density at radius 3 is 2.74 bits per heavy atom. The number of carbonyl (C=O) groups excluding carboxylic acids is 2. The van der Waals surface area contributed by atoms with Crippen molar-refractivity contribution in [2.75, 3.05) is 23.5 Å². The van der Waals surface area contributed by atoms with E-state index in [0.717, 1.165) is 12.2 Å². The molecular weight excluding hydrogens is 312 g/mol. The van der Waals surface area contributed by atoms with Crippen LogP contribution in [0.15, 0.2) is 30.9 Å². The summed E-state index contributed by atoms with van der Waals surface area (Å²) in [7, 11) is 1.53. The Bertz CT molecular complexity index is 561. The summed E-state index contributed by atoms with van der Waals surface area (Å²) in [6.07, 6.45) is 3.01. The molecule has 0 unspecified atom stereocenters. The molecule has 0 aliphatic rings. The first-order valence-corrected chi connectivity index (χ1v) is 8.57. The fraction of sp³-hybridized carbons (Fsp3) is 0.412. The number of amides is 2. The second-order valence-corrected chi connectivity index (χ2v) is 6.34.